The highest BCUT2D eigenvalue weighted by atomic mass is 15.3. The fourth-order valence-electron chi connectivity index (χ4n) is 1.77. The number of aryl methyl sites for hydroxylation is 1. The molecule has 0 saturated heterocycles. The normalized spacial score (nSPS) is 10.9. The van der Waals surface area contributed by atoms with Crippen molar-refractivity contribution in [2.24, 2.45) is 0 Å². The molecular formula is C11H17N5. The number of nitrogens with one attached hydrogen (secondary N) is 1. The van der Waals surface area contributed by atoms with Crippen LogP contribution in [0.2, 0.25) is 0 Å². The summed E-state index contributed by atoms with van der Waals surface area (Å²) < 4.78 is 4.11. The predicted molar refractivity (Wildman–Crippen MR) is 62.0 cm³/mol. The molecule has 0 aliphatic rings. The molecule has 0 radical (unpaired) electrons. The molecule has 0 saturated carbocycles. The number of rotatable bonds is 5. The molecule has 2 rings (SSSR count). The summed E-state index contributed by atoms with van der Waals surface area (Å²) in [6.45, 7) is 4.57. The lowest BCUT2D eigenvalue weighted by molar-refractivity contribution is 0.580. The first kappa shape index (κ1) is 10.9. The molecule has 0 atom stereocenters. The van der Waals surface area contributed by atoms with Crippen LogP contribution in [0.4, 0.5) is 0 Å². The van der Waals surface area contributed by atoms with Crippen LogP contribution < -0.4 is 5.32 Å². The summed E-state index contributed by atoms with van der Waals surface area (Å²) >= 11 is 0. The molecular weight excluding hydrogens is 202 g/mol. The van der Waals surface area contributed by atoms with Gasteiger partial charge in [-0.25, -0.2) is 9.67 Å². The number of hydrogen-bond acceptors (Lipinski definition) is 3. The van der Waals surface area contributed by atoms with E-state index in [1.54, 1.807) is 6.33 Å². The van der Waals surface area contributed by atoms with Gasteiger partial charge < -0.3 is 9.88 Å². The maximum absolute atomic E-state index is 4.27. The van der Waals surface area contributed by atoms with Gasteiger partial charge in [-0.05, 0) is 26.1 Å². The van der Waals surface area contributed by atoms with E-state index in [4.69, 9.17) is 0 Å². The molecule has 0 bridgehead atoms. The minimum Gasteiger partial charge on any atom is -0.343 e. The van der Waals surface area contributed by atoms with Crippen LogP contribution in [0.25, 0.3) is 0 Å². The molecule has 0 spiro atoms. The number of hydrogen-bond donors (Lipinski definition) is 1. The van der Waals surface area contributed by atoms with Crippen molar-refractivity contribution in [1.82, 2.24) is 24.6 Å². The Morgan fingerprint density at radius 1 is 1.44 bits per heavy atom. The Hall–Kier alpha value is -1.62. The van der Waals surface area contributed by atoms with Crippen LogP contribution in [0.1, 0.15) is 18.4 Å². The van der Waals surface area contributed by atoms with Gasteiger partial charge in [0.05, 0.1) is 6.54 Å². The van der Waals surface area contributed by atoms with Crippen molar-refractivity contribution in [2.45, 2.75) is 26.6 Å². The molecule has 16 heavy (non-hydrogen) atoms. The molecule has 0 unspecified atom stereocenters. The Morgan fingerprint density at radius 3 is 3.06 bits per heavy atom. The van der Waals surface area contributed by atoms with E-state index in [1.807, 2.05) is 11.7 Å². The average molecular weight is 219 g/mol. The van der Waals surface area contributed by atoms with Crippen molar-refractivity contribution >= 4 is 0 Å². The number of nitrogens with zero attached hydrogens (tertiary/aromatic N) is 4. The van der Waals surface area contributed by atoms with E-state index in [-0.39, 0.29) is 0 Å². The van der Waals surface area contributed by atoms with Gasteiger partial charge in [-0.15, -0.1) is 0 Å². The average Bonchev–Trinajstić information content (AvgIpc) is 2.89. The molecule has 5 nitrogen and oxygen atoms in total. The largest absolute Gasteiger partial charge is 0.343 e. The van der Waals surface area contributed by atoms with Gasteiger partial charge >= 0.3 is 0 Å². The summed E-state index contributed by atoms with van der Waals surface area (Å²) in [4.78, 5) is 4.27. The van der Waals surface area contributed by atoms with Gasteiger partial charge in [0.1, 0.15) is 12.2 Å². The smallest absolute Gasteiger partial charge is 0.146 e. The third-order valence-electron chi connectivity index (χ3n) is 2.59. The van der Waals surface area contributed by atoms with E-state index in [0.29, 0.717) is 0 Å². The van der Waals surface area contributed by atoms with E-state index in [9.17, 15) is 0 Å². The maximum atomic E-state index is 4.27. The molecule has 2 aromatic heterocycles. The van der Waals surface area contributed by atoms with E-state index < -0.39 is 0 Å². The first-order valence-corrected chi connectivity index (χ1v) is 5.50. The minimum atomic E-state index is 0.776. The van der Waals surface area contributed by atoms with Gasteiger partial charge in [-0.2, -0.15) is 5.10 Å². The Morgan fingerprint density at radius 2 is 2.31 bits per heavy atom. The molecule has 0 amide bonds. The van der Waals surface area contributed by atoms with Crippen molar-refractivity contribution in [3.05, 3.63) is 36.2 Å². The van der Waals surface area contributed by atoms with Gasteiger partial charge in [0.25, 0.3) is 0 Å². The molecule has 0 aliphatic carbocycles. The first-order valence-electron chi connectivity index (χ1n) is 5.50. The molecule has 1 N–H and O–H groups in total. The minimum absolute atomic E-state index is 0.776. The van der Waals surface area contributed by atoms with Gasteiger partial charge in [-0.1, -0.05) is 0 Å². The second-order valence-electron chi connectivity index (χ2n) is 3.65. The number of aromatic nitrogens is 4. The Labute approximate surface area is 95.1 Å². The van der Waals surface area contributed by atoms with Crippen LogP contribution in [-0.4, -0.2) is 26.4 Å². The molecule has 2 heterocycles. The summed E-state index contributed by atoms with van der Waals surface area (Å²) in [5.74, 6) is 0.996. The van der Waals surface area contributed by atoms with Crippen LogP contribution in [-0.2, 0) is 19.6 Å². The topological polar surface area (TPSA) is 47.7 Å². The van der Waals surface area contributed by atoms with E-state index in [0.717, 1.165) is 25.5 Å². The van der Waals surface area contributed by atoms with Gasteiger partial charge in [-0.3, -0.25) is 0 Å². The fraction of sp³-hybridized carbons (Fsp3) is 0.455. The van der Waals surface area contributed by atoms with Crippen LogP contribution in [0.15, 0.2) is 24.7 Å². The summed E-state index contributed by atoms with van der Waals surface area (Å²) in [7, 11) is 1.95. The van der Waals surface area contributed by atoms with Crippen LogP contribution in [0.3, 0.4) is 0 Å². The van der Waals surface area contributed by atoms with Crippen LogP contribution in [0, 0.1) is 0 Å². The SMILES string of the molecule is CCn1ncnc1Cn1cccc1CNC. The first-order chi connectivity index (χ1) is 7.85. The highest BCUT2D eigenvalue weighted by Crippen LogP contribution is 2.05. The van der Waals surface area contributed by atoms with Crippen molar-refractivity contribution < 1.29 is 0 Å². The third-order valence-corrected chi connectivity index (χ3v) is 2.59. The third kappa shape index (κ3) is 2.14. The standard InChI is InChI=1S/C11H17N5/c1-3-16-11(13-9-14-16)8-15-6-4-5-10(15)7-12-2/h4-6,9,12H,3,7-8H2,1-2H3. The van der Waals surface area contributed by atoms with Crippen LogP contribution >= 0.6 is 0 Å². The van der Waals surface area contributed by atoms with Crippen molar-refractivity contribution in [2.75, 3.05) is 7.05 Å². The monoisotopic (exact) mass is 219 g/mol. The Kier molecular flexibility index (Phi) is 3.36. The molecule has 5 heteroatoms. The van der Waals surface area contributed by atoms with Gasteiger partial charge in [0.15, 0.2) is 0 Å². The zero-order valence-corrected chi connectivity index (χ0v) is 9.72. The van der Waals surface area contributed by atoms with Crippen molar-refractivity contribution in [3.8, 4) is 0 Å². The summed E-state index contributed by atoms with van der Waals surface area (Å²) in [5, 5.41) is 7.32. The Balaban J connectivity index is 2.17. The molecule has 0 aliphatic heterocycles. The fourth-order valence-corrected chi connectivity index (χ4v) is 1.77. The summed E-state index contributed by atoms with van der Waals surface area (Å²) in [5.41, 5.74) is 1.26. The van der Waals surface area contributed by atoms with Gasteiger partial charge in [0.2, 0.25) is 0 Å². The van der Waals surface area contributed by atoms with Gasteiger partial charge in [0, 0.05) is 25.0 Å². The van der Waals surface area contributed by atoms with E-state index in [2.05, 4.69) is 45.2 Å². The predicted octanol–water partition coefficient (Wildman–Crippen LogP) is 0.867. The summed E-state index contributed by atoms with van der Waals surface area (Å²) in [6.07, 6.45) is 3.68. The van der Waals surface area contributed by atoms with Crippen molar-refractivity contribution in [1.29, 1.82) is 0 Å². The molecule has 0 fully saturated rings. The lowest BCUT2D eigenvalue weighted by atomic mass is 10.4. The summed E-state index contributed by atoms with van der Waals surface area (Å²) in [6, 6.07) is 4.17. The molecule has 2 aromatic rings. The van der Waals surface area contributed by atoms with E-state index in [1.165, 1.54) is 5.69 Å². The molecule has 0 aromatic carbocycles. The highest BCUT2D eigenvalue weighted by Gasteiger charge is 2.05. The second kappa shape index (κ2) is 4.94. The lowest BCUT2D eigenvalue weighted by Gasteiger charge is -2.08. The van der Waals surface area contributed by atoms with Crippen molar-refractivity contribution in [3.63, 3.8) is 0 Å². The molecule has 86 valence electrons. The zero-order valence-electron chi connectivity index (χ0n) is 9.72. The second-order valence-corrected chi connectivity index (χ2v) is 3.65. The van der Waals surface area contributed by atoms with E-state index >= 15 is 0 Å². The highest BCUT2D eigenvalue weighted by molar-refractivity contribution is 5.08. The Bertz CT molecular complexity index is 443. The van der Waals surface area contributed by atoms with Crippen LogP contribution in [0.5, 0.6) is 0 Å². The maximum Gasteiger partial charge on any atom is 0.146 e. The quantitative estimate of drug-likeness (QED) is 0.811. The zero-order chi connectivity index (χ0) is 11.4. The lowest BCUT2D eigenvalue weighted by Crippen LogP contribution is -2.14.